The first-order valence-corrected chi connectivity index (χ1v) is 6.49. The van der Waals surface area contributed by atoms with Gasteiger partial charge in [-0.2, -0.15) is 0 Å². The number of anilines is 1. The lowest BCUT2D eigenvalue weighted by Gasteiger charge is -2.04. The highest BCUT2D eigenvalue weighted by atomic mass is 32.2. The van der Waals surface area contributed by atoms with Crippen molar-refractivity contribution in [2.45, 2.75) is 18.5 Å². The summed E-state index contributed by atoms with van der Waals surface area (Å²) in [4.78, 5) is 0. The monoisotopic (exact) mass is 248 g/mol. The number of rotatable bonds is 4. The predicted molar refractivity (Wildman–Crippen MR) is 71.0 cm³/mol. The van der Waals surface area contributed by atoms with Crippen molar-refractivity contribution in [2.75, 3.05) is 11.5 Å². The average Bonchev–Trinajstić information content (AvgIpc) is 2.63. The number of nitrogen functional groups attached to an aromatic ring is 1. The van der Waals surface area contributed by atoms with Gasteiger partial charge in [-0.25, -0.2) is 0 Å². The van der Waals surface area contributed by atoms with Crippen molar-refractivity contribution in [3.63, 3.8) is 0 Å². The van der Waals surface area contributed by atoms with Crippen LogP contribution in [0.2, 0.25) is 0 Å². The molecule has 0 atom stereocenters. The van der Waals surface area contributed by atoms with E-state index < -0.39 is 0 Å². The van der Waals surface area contributed by atoms with Gasteiger partial charge in [0.15, 0.2) is 5.16 Å². The zero-order valence-electron chi connectivity index (χ0n) is 10.1. The van der Waals surface area contributed by atoms with Gasteiger partial charge >= 0.3 is 0 Å². The van der Waals surface area contributed by atoms with Crippen LogP contribution in [0, 0.1) is 6.92 Å². The summed E-state index contributed by atoms with van der Waals surface area (Å²) in [7, 11) is 1.98. The lowest BCUT2D eigenvalue weighted by atomic mass is 10.1. The van der Waals surface area contributed by atoms with Crippen LogP contribution in [0.1, 0.15) is 11.4 Å². The number of aryl methyl sites for hydroxylation is 2. The van der Waals surface area contributed by atoms with E-state index in [4.69, 9.17) is 5.73 Å². The van der Waals surface area contributed by atoms with Gasteiger partial charge < -0.3 is 10.3 Å². The first-order valence-electron chi connectivity index (χ1n) is 5.50. The molecule has 0 aliphatic carbocycles. The lowest BCUT2D eigenvalue weighted by molar-refractivity contribution is 0.765. The third-order valence-electron chi connectivity index (χ3n) is 2.71. The normalized spacial score (nSPS) is 10.7. The van der Waals surface area contributed by atoms with Crippen LogP contribution in [0.4, 0.5) is 5.69 Å². The largest absolute Gasteiger partial charge is 0.399 e. The molecular formula is C12H16N4S. The van der Waals surface area contributed by atoms with E-state index >= 15 is 0 Å². The van der Waals surface area contributed by atoms with Crippen LogP contribution in [0.15, 0.2) is 29.4 Å². The number of aromatic nitrogens is 3. The van der Waals surface area contributed by atoms with Crippen LogP contribution in [-0.2, 0) is 13.5 Å². The molecular weight excluding hydrogens is 232 g/mol. The first-order chi connectivity index (χ1) is 8.18. The molecule has 0 saturated carbocycles. The lowest BCUT2D eigenvalue weighted by Crippen LogP contribution is -1.98. The summed E-state index contributed by atoms with van der Waals surface area (Å²) < 4.78 is 2.00. The van der Waals surface area contributed by atoms with Gasteiger partial charge in [-0.3, -0.25) is 0 Å². The predicted octanol–water partition coefficient (Wildman–Crippen LogP) is 2.04. The van der Waals surface area contributed by atoms with Crippen molar-refractivity contribution in [2.24, 2.45) is 7.05 Å². The Morgan fingerprint density at radius 2 is 2.06 bits per heavy atom. The maximum absolute atomic E-state index is 5.89. The Morgan fingerprint density at radius 1 is 1.29 bits per heavy atom. The summed E-state index contributed by atoms with van der Waals surface area (Å²) in [6, 6.07) is 7.98. The molecule has 1 aromatic carbocycles. The molecule has 0 saturated heterocycles. The Kier molecular flexibility index (Phi) is 3.68. The first kappa shape index (κ1) is 12.0. The second-order valence-electron chi connectivity index (χ2n) is 3.89. The van der Waals surface area contributed by atoms with Gasteiger partial charge in [0.05, 0.1) is 0 Å². The van der Waals surface area contributed by atoms with Crippen molar-refractivity contribution in [1.29, 1.82) is 0 Å². The molecule has 0 unspecified atom stereocenters. The fourth-order valence-electron chi connectivity index (χ4n) is 1.53. The Balaban J connectivity index is 1.92. The molecule has 0 radical (unpaired) electrons. The van der Waals surface area contributed by atoms with Crippen LogP contribution in [0.5, 0.6) is 0 Å². The molecule has 0 amide bonds. The number of benzene rings is 1. The SMILES string of the molecule is Cc1nnc(SCCc2ccccc2N)n1C. The molecule has 4 nitrogen and oxygen atoms in total. The van der Waals surface area contributed by atoms with Gasteiger partial charge in [0.25, 0.3) is 0 Å². The van der Waals surface area contributed by atoms with Gasteiger partial charge in [0.1, 0.15) is 5.82 Å². The smallest absolute Gasteiger partial charge is 0.190 e. The topological polar surface area (TPSA) is 56.7 Å². The summed E-state index contributed by atoms with van der Waals surface area (Å²) >= 11 is 1.71. The van der Waals surface area contributed by atoms with Gasteiger partial charge in [-0.1, -0.05) is 30.0 Å². The van der Waals surface area contributed by atoms with E-state index in [-0.39, 0.29) is 0 Å². The highest BCUT2D eigenvalue weighted by molar-refractivity contribution is 7.99. The molecule has 1 aromatic heterocycles. The molecule has 5 heteroatoms. The third-order valence-corrected chi connectivity index (χ3v) is 3.73. The summed E-state index contributed by atoms with van der Waals surface area (Å²) in [5.74, 6) is 1.90. The molecule has 0 aliphatic heterocycles. The fraction of sp³-hybridized carbons (Fsp3) is 0.333. The van der Waals surface area contributed by atoms with E-state index in [0.717, 1.165) is 28.8 Å². The summed E-state index contributed by atoms with van der Waals surface area (Å²) in [6.45, 7) is 1.95. The van der Waals surface area contributed by atoms with E-state index in [0.29, 0.717) is 0 Å². The van der Waals surface area contributed by atoms with E-state index in [2.05, 4.69) is 16.3 Å². The van der Waals surface area contributed by atoms with Gasteiger partial charge in [-0.15, -0.1) is 10.2 Å². The minimum atomic E-state index is 0.863. The van der Waals surface area contributed by atoms with Gasteiger partial charge in [0, 0.05) is 18.5 Å². The molecule has 90 valence electrons. The quantitative estimate of drug-likeness (QED) is 0.664. The van der Waals surface area contributed by atoms with Crippen molar-refractivity contribution >= 4 is 17.4 Å². The van der Waals surface area contributed by atoms with Crippen molar-refractivity contribution in [3.8, 4) is 0 Å². The van der Waals surface area contributed by atoms with Crippen LogP contribution in [0.3, 0.4) is 0 Å². The van der Waals surface area contributed by atoms with E-state index in [1.165, 1.54) is 5.56 Å². The summed E-state index contributed by atoms with van der Waals surface area (Å²) in [5.41, 5.74) is 7.95. The standard InChI is InChI=1S/C12H16N4S/c1-9-14-15-12(16(9)2)17-8-7-10-5-3-4-6-11(10)13/h3-6H,7-8,13H2,1-2H3. The summed E-state index contributed by atoms with van der Waals surface area (Å²) in [5, 5.41) is 9.10. The highest BCUT2D eigenvalue weighted by Gasteiger charge is 2.05. The molecule has 2 N–H and O–H groups in total. The zero-order chi connectivity index (χ0) is 12.3. The Bertz CT molecular complexity index is 507. The third kappa shape index (κ3) is 2.79. The highest BCUT2D eigenvalue weighted by Crippen LogP contribution is 2.19. The molecule has 0 bridgehead atoms. The maximum atomic E-state index is 5.89. The number of hydrogen-bond donors (Lipinski definition) is 1. The molecule has 0 spiro atoms. The molecule has 2 aromatic rings. The Morgan fingerprint density at radius 3 is 2.71 bits per heavy atom. The van der Waals surface area contributed by atoms with E-state index in [9.17, 15) is 0 Å². The second-order valence-corrected chi connectivity index (χ2v) is 4.95. The van der Waals surface area contributed by atoms with Crippen molar-refractivity contribution < 1.29 is 0 Å². The molecule has 0 fully saturated rings. The number of nitrogens with zero attached hydrogens (tertiary/aromatic N) is 3. The second kappa shape index (κ2) is 5.23. The average molecular weight is 248 g/mol. The number of para-hydroxylation sites is 1. The minimum absolute atomic E-state index is 0.863. The van der Waals surface area contributed by atoms with Crippen LogP contribution < -0.4 is 5.73 Å². The van der Waals surface area contributed by atoms with Crippen molar-refractivity contribution in [3.05, 3.63) is 35.7 Å². The minimum Gasteiger partial charge on any atom is -0.399 e. The van der Waals surface area contributed by atoms with Crippen molar-refractivity contribution in [1.82, 2.24) is 14.8 Å². The zero-order valence-corrected chi connectivity index (χ0v) is 10.9. The Hall–Kier alpha value is -1.49. The van der Waals surface area contributed by atoms with E-state index in [1.807, 2.05) is 36.7 Å². The number of nitrogens with two attached hydrogens (primary N) is 1. The van der Waals surface area contributed by atoms with E-state index in [1.54, 1.807) is 11.8 Å². The summed E-state index contributed by atoms with van der Waals surface area (Å²) in [6.07, 6.45) is 0.948. The van der Waals surface area contributed by atoms with Crippen LogP contribution in [0.25, 0.3) is 0 Å². The Labute approximate surface area is 105 Å². The van der Waals surface area contributed by atoms with Gasteiger partial charge in [-0.05, 0) is 25.0 Å². The van der Waals surface area contributed by atoms with Crippen LogP contribution >= 0.6 is 11.8 Å². The molecule has 2 rings (SSSR count). The molecule has 1 heterocycles. The molecule has 0 aliphatic rings. The number of hydrogen-bond acceptors (Lipinski definition) is 4. The molecule has 17 heavy (non-hydrogen) atoms. The van der Waals surface area contributed by atoms with Crippen LogP contribution in [-0.4, -0.2) is 20.5 Å². The number of thioether (sulfide) groups is 1. The fourth-order valence-corrected chi connectivity index (χ4v) is 2.46. The van der Waals surface area contributed by atoms with Gasteiger partial charge in [0.2, 0.25) is 0 Å². The maximum Gasteiger partial charge on any atom is 0.190 e.